The van der Waals surface area contributed by atoms with Gasteiger partial charge in [-0.1, -0.05) is 19.8 Å². The van der Waals surface area contributed by atoms with E-state index in [0.717, 1.165) is 12.8 Å². The first-order chi connectivity index (χ1) is 7.08. The van der Waals surface area contributed by atoms with E-state index in [1.54, 1.807) is 0 Å². The lowest BCUT2D eigenvalue weighted by molar-refractivity contribution is -0.126. The van der Waals surface area contributed by atoms with Crippen molar-refractivity contribution in [1.82, 2.24) is 5.32 Å². The van der Waals surface area contributed by atoms with Crippen LogP contribution in [0.1, 0.15) is 26.7 Å². The Kier molecular flexibility index (Phi) is 6.76. The first-order valence-corrected chi connectivity index (χ1v) is 5.14. The van der Waals surface area contributed by atoms with Crippen molar-refractivity contribution >= 4 is 5.91 Å². The van der Waals surface area contributed by atoms with E-state index in [0.29, 0.717) is 6.61 Å². The highest BCUT2D eigenvalue weighted by atomic mass is 16.5. The average molecular weight is 212 g/mol. The molecule has 0 heterocycles. The van der Waals surface area contributed by atoms with Crippen molar-refractivity contribution in [2.45, 2.75) is 32.2 Å². The minimum atomic E-state index is -0.327. The fourth-order valence-electron chi connectivity index (χ4n) is 1.00. The van der Waals surface area contributed by atoms with Crippen molar-refractivity contribution in [3.63, 3.8) is 0 Å². The van der Waals surface area contributed by atoms with Gasteiger partial charge in [0.1, 0.15) is 6.61 Å². The minimum Gasteiger partial charge on any atom is -0.370 e. The zero-order valence-corrected chi connectivity index (χ0v) is 9.51. The van der Waals surface area contributed by atoms with E-state index < -0.39 is 0 Å². The summed E-state index contributed by atoms with van der Waals surface area (Å²) in [5.41, 5.74) is 5.67. The van der Waals surface area contributed by atoms with Gasteiger partial charge in [-0.3, -0.25) is 4.79 Å². The largest absolute Gasteiger partial charge is 0.370 e. The predicted molar refractivity (Wildman–Crippen MR) is 60.2 cm³/mol. The van der Waals surface area contributed by atoms with E-state index in [2.05, 4.69) is 11.2 Å². The molecule has 0 aromatic rings. The molecule has 0 aliphatic rings. The molecule has 0 aromatic carbocycles. The summed E-state index contributed by atoms with van der Waals surface area (Å²) in [4.78, 5) is 11.1. The third-order valence-corrected chi connectivity index (χ3v) is 2.42. The first kappa shape index (κ1) is 13.9. The Morgan fingerprint density at radius 2 is 2.13 bits per heavy atom. The zero-order chi connectivity index (χ0) is 11.7. The summed E-state index contributed by atoms with van der Waals surface area (Å²) in [6, 6.07) is 0. The second-order valence-corrected chi connectivity index (χ2v) is 3.54. The zero-order valence-electron chi connectivity index (χ0n) is 9.51. The van der Waals surface area contributed by atoms with Crippen LogP contribution in [0, 0.1) is 12.3 Å². The van der Waals surface area contributed by atoms with Crippen LogP contribution in [0.5, 0.6) is 0 Å². The van der Waals surface area contributed by atoms with Gasteiger partial charge in [0.15, 0.2) is 0 Å². The highest BCUT2D eigenvalue weighted by molar-refractivity contribution is 5.77. The molecule has 4 heteroatoms. The molecule has 15 heavy (non-hydrogen) atoms. The standard InChI is InChI=1S/C11H20N2O2/c1-4-7-13-10(14)8-15-9-11(12,5-2)6-3/h1H,5-9,12H2,2-3H3,(H,13,14). The fourth-order valence-corrected chi connectivity index (χ4v) is 1.00. The second kappa shape index (κ2) is 7.27. The van der Waals surface area contributed by atoms with Gasteiger partial charge in [-0.25, -0.2) is 0 Å². The van der Waals surface area contributed by atoms with Crippen molar-refractivity contribution in [2.24, 2.45) is 5.73 Å². The third kappa shape index (κ3) is 6.10. The number of rotatable bonds is 7. The van der Waals surface area contributed by atoms with Crippen LogP contribution in [0.4, 0.5) is 0 Å². The van der Waals surface area contributed by atoms with E-state index >= 15 is 0 Å². The maximum absolute atomic E-state index is 11.1. The molecule has 3 N–H and O–H groups in total. The number of amides is 1. The normalized spacial score (nSPS) is 10.8. The molecule has 0 unspecified atom stereocenters. The lowest BCUT2D eigenvalue weighted by atomic mass is 9.96. The Morgan fingerprint density at radius 1 is 1.53 bits per heavy atom. The summed E-state index contributed by atoms with van der Waals surface area (Å²) in [6.45, 7) is 4.65. The highest BCUT2D eigenvalue weighted by Crippen LogP contribution is 2.10. The lowest BCUT2D eigenvalue weighted by Crippen LogP contribution is -2.44. The molecule has 0 aromatic heterocycles. The van der Waals surface area contributed by atoms with Gasteiger partial charge < -0.3 is 15.8 Å². The van der Waals surface area contributed by atoms with Crippen LogP contribution in [-0.4, -0.2) is 31.2 Å². The summed E-state index contributed by atoms with van der Waals surface area (Å²) in [5, 5.41) is 2.51. The summed E-state index contributed by atoms with van der Waals surface area (Å²) in [7, 11) is 0. The monoisotopic (exact) mass is 212 g/mol. The van der Waals surface area contributed by atoms with Gasteiger partial charge in [-0.2, -0.15) is 0 Å². The van der Waals surface area contributed by atoms with Crippen molar-refractivity contribution in [1.29, 1.82) is 0 Å². The third-order valence-electron chi connectivity index (χ3n) is 2.42. The molecule has 0 aliphatic heterocycles. The summed E-state index contributed by atoms with van der Waals surface area (Å²) in [5.74, 6) is 2.11. The Labute approximate surface area is 91.6 Å². The molecule has 1 amide bonds. The maximum atomic E-state index is 11.1. The van der Waals surface area contributed by atoms with Crippen LogP contribution in [0.25, 0.3) is 0 Å². The number of nitrogens with one attached hydrogen (secondary N) is 1. The molecule has 0 rings (SSSR count). The van der Waals surface area contributed by atoms with E-state index in [4.69, 9.17) is 16.9 Å². The molecule has 0 saturated carbocycles. The van der Waals surface area contributed by atoms with Crippen molar-refractivity contribution in [3.05, 3.63) is 0 Å². The van der Waals surface area contributed by atoms with Gasteiger partial charge >= 0.3 is 0 Å². The molecule has 0 radical (unpaired) electrons. The average Bonchev–Trinajstić information content (AvgIpc) is 2.26. The molecular weight excluding hydrogens is 192 g/mol. The van der Waals surface area contributed by atoms with Crippen LogP contribution < -0.4 is 11.1 Å². The van der Waals surface area contributed by atoms with Gasteiger partial charge in [0.2, 0.25) is 5.91 Å². The number of hydrogen-bond acceptors (Lipinski definition) is 3. The minimum absolute atomic E-state index is 0.0145. The van der Waals surface area contributed by atoms with Crippen LogP contribution in [-0.2, 0) is 9.53 Å². The van der Waals surface area contributed by atoms with E-state index in [1.165, 1.54) is 0 Å². The highest BCUT2D eigenvalue weighted by Gasteiger charge is 2.20. The number of carbonyl (C=O) groups is 1. The Bertz CT molecular complexity index is 229. The lowest BCUT2D eigenvalue weighted by Gasteiger charge is -2.25. The summed E-state index contributed by atoms with van der Waals surface area (Å²) in [6.07, 6.45) is 6.65. The van der Waals surface area contributed by atoms with Gasteiger partial charge in [0.25, 0.3) is 0 Å². The molecule has 4 nitrogen and oxygen atoms in total. The van der Waals surface area contributed by atoms with Gasteiger partial charge in [-0.15, -0.1) is 6.42 Å². The van der Waals surface area contributed by atoms with Gasteiger partial charge in [-0.05, 0) is 12.8 Å². The maximum Gasteiger partial charge on any atom is 0.246 e. The molecule has 0 atom stereocenters. The molecule has 0 aliphatic carbocycles. The number of hydrogen-bond donors (Lipinski definition) is 2. The van der Waals surface area contributed by atoms with Crippen LogP contribution >= 0.6 is 0 Å². The summed E-state index contributed by atoms with van der Waals surface area (Å²) < 4.78 is 5.23. The number of ether oxygens (including phenoxy) is 1. The van der Waals surface area contributed by atoms with Gasteiger partial charge in [0.05, 0.1) is 13.2 Å². The molecule has 0 saturated heterocycles. The predicted octanol–water partition coefficient (Wildman–Crippen LogP) is 0.270. The van der Waals surface area contributed by atoms with Crippen LogP contribution in [0.3, 0.4) is 0 Å². The Balaban J connectivity index is 3.69. The topological polar surface area (TPSA) is 64.3 Å². The van der Waals surface area contributed by atoms with Crippen molar-refractivity contribution < 1.29 is 9.53 Å². The number of terminal acetylenes is 1. The van der Waals surface area contributed by atoms with Crippen molar-refractivity contribution in [3.8, 4) is 12.3 Å². The Hall–Kier alpha value is -1.05. The van der Waals surface area contributed by atoms with E-state index in [1.807, 2.05) is 13.8 Å². The van der Waals surface area contributed by atoms with E-state index in [9.17, 15) is 4.79 Å². The summed E-state index contributed by atoms with van der Waals surface area (Å²) >= 11 is 0. The first-order valence-electron chi connectivity index (χ1n) is 5.14. The quantitative estimate of drug-likeness (QED) is 0.595. The molecule has 0 bridgehead atoms. The smallest absolute Gasteiger partial charge is 0.246 e. The number of nitrogens with two attached hydrogens (primary N) is 1. The SMILES string of the molecule is C#CCNC(=O)COCC(N)(CC)CC. The molecule has 0 spiro atoms. The van der Waals surface area contributed by atoms with Crippen LogP contribution in [0.2, 0.25) is 0 Å². The molecule has 86 valence electrons. The fraction of sp³-hybridized carbons (Fsp3) is 0.727. The van der Waals surface area contributed by atoms with Gasteiger partial charge in [0, 0.05) is 5.54 Å². The van der Waals surface area contributed by atoms with E-state index in [-0.39, 0.29) is 24.6 Å². The Morgan fingerprint density at radius 3 is 2.60 bits per heavy atom. The molecule has 0 fully saturated rings. The van der Waals surface area contributed by atoms with Crippen molar-refractivity contribution in [2.75, 3.05) is 19.8 Å². The molecular formula is C11H20N2O2. The van der Waals surface area contributed by atoms with Crippen LogP contribution in [0.15, 0.2) is 0 Å². The number of carbonyl (C=O) groups excluding carboxylic acids is 1. The second-order valence-electron chi connectivity index (χ2n) is 3.54.